The van der Waals surface area contributed by atoms with Crippen LogP contribution in [0.2, 0.25) is 0 Å². The molecule has 2 fully saturated rings. The number of hydrogen-bond donors (Lipinski definition) is 1. The minimum absolute atomic E-state index is 0.190. The molecule has 1 N–H and O–H groups in total. The van der Waals surface area contributed by atoms with Gasteiger partial charge in [0.25, 0.3) is 0 Å². The van der Waals surface area contributed by atoms with Gasteiger partial charge in [0.1, 0.15) is 18.8 Å². The standard InChI is InChI=1S/C8H14O.C7H14O3.C3H6O2/c1-5-7(3)9-8(4)6-2;1-3-6(2)10-9-5-7-4-8-7;4-1-3-2-5-3/h3-6H2,1-2H3;6-7H,3-5H2,1-2H3;3-4H,1-2H2. The molecule has 0 radical (unpaired) electrons. The van der Waals surface area contributed by atoms with E-state index in [1.165, 1.54) is 0 Å². The third-order valence-electron chi connectivity index (χ3n) is 3.15. The lowest BCUT2D eigenvalue weighted by Gasteiger charge is -2.07. The van der Waals surface area contributed by atoms with Gasteiger partial charge in [-0.1, -0.05) is 33.9 Å². The molecule has 142 valence electrons. The monoisotopic (exact) mass is 346 g/mol. The molecule has 0 amide bonds. The predicted octanol–water partition coefficient (Wildman–Crippen LogP) is 3.36. The van der Waals surface area contributed by atoms with Crippen LogP contribution in [0, 0.1) is 0 Å². The van der Waals surface area contributed by atoms with Crippen molar-refractivity contribution in [3.63, 3.8) is 0 Å². The topological polar surface area (TPSA) is 73.0 Å². The van der Waals surface area contributed by atoms with Crippen LogP contribution in [-0.2, 0) is 24.0 Å². The van der Waals surface area contributed by atoms with Crippen molar-refractivity contribution in [2.75, 3.05) is 26.4 Å². The van der Waals surface area contributed by atoms with Gasteiger partial charge in [0.05, 0.1) is 37.4 Å². The summed E-state index contributed by atoms with van der Waals surface area (Å²) in [5.74, 6) is 1.59. The van der Waals surface area contributed by atoms with E-state index in [1.807, 2.05) is 20.8 Å². The Morgan fingerprint density at radius 1 is 1.08 bits per heavy atom. The summed E-state index contributed by atoms with van der Waals surface area (Å²) >= 11 is 0. The van der Waals surface area contributed by atoms with Gasteiger partial charge < -0.3 is 19.3 Å². The molecule has 0 aromatic carbocycles. The maximum atomic E-state index is 8.08. The van der Waals surface area contributed by atoms with Crippen LogP contribution in [0.4, 0.5) is 0 Å². The Kier molecular flexibility index (Phi) is 13.9. The number of ether oxygens (including phenoxy) is 3. The summed E-state index contributed by atoms with van der Waals surface area (Å²) in [6.07, 6.45) is 3.38. The number of aliphatic hydroxyl groups excluding tert-OH is 1. The Morgan fingerprint density at radius 3 is 1.88 bits per heavy atom. The van der Waals surface area contributed by atoms with Gasteiger partial charge in [0.2, 0.25) is 0 Å². The van der Waals surface area contributed by atoms with Crippen molar-refractivity contribution in [2.45, 2.75) is 65.3 Å². The molecule has 2 saturated heterocycles. The van der Waals surface area contributed by atoms with Crippen molar-refractivity contribution >= 4 is 0 Å². The zero-order valence-corrected chi connectivity index (χ0v) is 15.6. The third-order valence-corrected chi connectivity index (χ3v) is 3.15. The van der Waals surface area contributed by atoms with Gasteiger partial charge in [-0.05, 0) is 13.3 Å². The molecule has 0 saturated carbocycles. The van der Waals surface area contributed by atoms with Gasteiger partial charge in [-0.2, -0.15) is 0 Å². The molecule has 0 aromatic heterocycles. The predicted molar refractivity (Wildman–Crippen MR) is 93.3 cm³/mol. The molecule has 0 bridgehead atoms. The van der Waals surface area contributed by atoms with Crippen LogP contribution < -0.4 is 0 Å². The summed E-state index contributed by atoms with van der Waals surface area (Å²) < 4.78 is 14.7. The average Bonchev–Trinajstić information content (AvgIpc) is 3.49. The van der Waals surface area contributed by atoms with E-state index in [4.69, 9.17) is 24.4 Å². The van der Waals surface area contributed by atoms with E-state index < -0.39 is 0 Å². The summed E-state index contributed by atoms with van der Waals surface area (Å²) in [4.78, 5) is 9.85. The highest BCUT2D eigenvalue weighted by Crippen LogP contribution is 2.09. The molecular formula is C18H34O6. The first-order valence-corrected chi connectivity index (χ1v) is 8.62. The second-order valence-electron chi connectivity index (χ2n) is 5.58. The van der Waals surface area contributed by atoms with E-state index in [1.54, 1.807) is 0 Å². The Bertz CT molecular complexity index is 322. The second-order valence-corrected chi connectivity index (χ2v) is 5.58. The molecular weight excluding hydrogens is 312 g/mol. The summed E-state index contributed by atoms with van der Waals surface area (Å²) in [6.45, 7) is 17.8. The van der Waals surface area contributed by atoms with Crippen LogP contribution >= 0.6 is 0 Å². The second kappa shape index (κ2) is 14.4. The van der Waals surface area contributed by atoms with Crippen molar-refractivity contribution in [1.82, 2.24) is 0 Å². The molecule has 24 heavy (non-hydrogen) atoms. The summed E-state index contributed by atoms with van der Waals surface area (Å²) in [6, 6.07) is 0. The number of hydrogen-bond acceptors (Lipinski definition) is 6. The molecule has 2 aliphatic rings. The Hall–Kier alpha value is -0.920. The van der Waals surface area contributed by atoms with Crippen LogP contribution in [0.5, 0.6) is 0 Å². The summed E-state index contributed by atoms with van der Waals surface area (Å²) in [5.41, 5.74) is 0. The normalized spacial score (nSPS) is 21.4. The van der Waals surface area contributed by atoms with E-state index in [0.29, 0.717) is 12.7 Å². The zero-order valence-electron chi connectivity index (χ0n) is 15.6. The van der Waals surface area contributed by atoms with E-state index in [9.17, 15) is 0 Å². The largest absolute Gasteiger partial charge is 0.467 e. The quantitative estimate of drug-likeness (QED) is 0.283. The zero-order chi connectivity index (χ0) is 18.4. The molecule has 3 unspecified atom stereocenters. The Labute approximate surface area is 146 Å². The highest BCUT2D eigenvalue weighted by Gasteiger charge is 2.23. The van der Waals surface area contributed by atoms with Gasteiger partial charge in [0.15, 0.2) is 0 Å². The lowest BCUT2D eigenvalue weighted by atomic mass is 10.3. The van der Waals surface area contributed by atoms with Crippen LogP contribution in [0.15, 0.2) is 24.7 Å². The van der Waals surface area contributed by atoms with Gasteiger partial charge in [-0.15, -0.1) is 0 Å². The molecule has 0 aliphatic carbocycles. The van der Waals surface area contributed by atoms with Crippen LogP contribution in [0.1, 0.15) is 47.0 Å². The molecule has 0 aromatic rings. The smallest absolute Gasteiger partial charge is 0.111 e. The van der Waals surface area contributed by atoms with Crippen LogP contribution in [0.3, 0.4) is 0 Å². The summed E-state index contributed by atoms with van der Waals surface area (Å²) in [5, 5.41) is 8.08. The maximum absolute atomic E-state index is 8.08. The minimum atomic E-state index is 0.190. The highest BCUT2D eigenvalue weighted by atomic mass is 17.2. The Morgan fingerprint density at radius 2 is 1.58 bits per heavy atom. The van der Waals surface area contributed by atoms with Gasteiger partial charge >= 0.3 is 0 Å². The van der Waals surface area contributed by atoms with Crippen molar-refractivity contribution in [2.24, 2.45) is 0 Å². The number of rotatable bonds is 10. The fraction of sp³-hybridized carbons (Fsp3) is 0.778. The lowest BCUT2D eigenvalue weighted by molar-refractivity contribution is -0.322. The first kappa shape index (κ1) is 23.1. The van der Waals surface area contributed by atoms with E-state index in [2.05, 4.69) is 24.8 Å². The fourth-order valence-corrected chi connectivity index (χ4v) is 0.986. The van der Waals surface area contributed by atoms with Gasteiger partial charge in [-0.3, -0.25) is 0 Å². The van der Waals surface area contributed by atoms with Crippen molar-refractivity contribution in [1.29, 1.82) is 0 Å². The first-order valence-electron chi connectivity index (χ1n) is 8.62. The van der Waals surface area contributed by atoms with E-state index in [0.717, 1.165) is 44.0 Å². The van der Waals surface area contributed by atoms with Crippen LogP contribution in [0.25, 0.3) is 0 Å². The average molecular weight is 346 g/mol. The van der Waals surface area contributed by atoms with E-state index >= 15 is 0 Å². The first-order chi connectivity index (χ1) is 11.5. The van der Waals surface area contributed by atoms with Crippen LogP contribution in [-0.4, -0.2) is 49.8 Å². The van der Waals surface area contributed by atoms with Crippen molar-refractivity contribution < 1.29 is 29.1 Å². The third kappa shape index (κ3) is 16.0. The van der Waals surface area contributed by atoms with Crippen molar-refractivity contribution in [3.05, 3.63) is 24.7 Å². The molecule has 2 aliphatic heterocycles. The molecule has 0 spiro atoms. The Balaban J connectivity index is 0.000000347. The minimum Gasteiger partial charge on any atom is -0.467 e. The molecule has 2 rings (SSSR count). The van der Waals surface area contributed by atoms with Gasteiger partial charge in [0, 0.05) is 12.8 Å². The molecule has 6 nitrogen and oxygen atoms in total. The fourth-order valence-electron chi connectivity index (χ4n) is 0.986. The molecule has 6 heteroatoms. The molecule has 2 heterocycles. The highest BCUT2D eigenvalue weighted by molar-refractivity contribution is 4.91. The maximum Gasteiger partial charge on any atom is 0.111 e. The SMILES string of the molecule is C=C(CC)OC(=C)CC.CCC(C)OOCC1CO1.OCC1CO1. The summed E-state index contributed by atoms with van der Waals surface area (Å²) in [7, 11) is 0. The van der Waals surface area contributed by atoms with E-state index in [-0.39, 0.29) is 18.8 Å². The lowest BCUT2D eigenvalue weighted by Crippen LogP contribution is -2.10. The number of allylic oxidation sites excluding steroid dienone is 2. The number of aliphatic hydroxyl groups is 1. The van der Waals surface area contributed by atoms with Gasteiger partial charge in [-0.25, -0.2) is 9.78 Å². The van der Waals surface area contributed by atoms with Crippen molar-refractivity contribution in [3.8, 4) is 0 Å². The molecule has 3 atom stereocenters. The number of epoxide rings is 2.